The quantitative estimate of drug-likeness (QED) is 0.501. The van der Waals surface area contributed by atoms with Crippen molar-refractivity contribution in [1.29, 1.82) is 0 Å². The van der Waals surface area contributed by atoms with Gasteiger partial charge in [-0.2, -0.15) is 13.2 Å². The minimum atomic E-state index is -4.38. The number of halogens is 3. The van der Waals surface area contributed by atoms with Gasteiger partial charge in [0.15, 0.2) is 5.78 Å². The number of carbonyl (C=O) groups is 1. The number of hydrogen-bond donors (Lipinski definition) is 0. The van der Waals surface area contributed by atoms with Gasteiger partial charge in [-0.25, -0.2) is 0 Å². The summed E-state index contributed by atoms with van der Waals surface area (Å²) in [7, 11) is 0. The van der Waals surface area contributed by atoms with E-state index in [4.69, 9.17) is 0 Å². The molecular weight excluding hydrogens is 349 g/mol. The van der Waals surface area contributed by atoms with Gasteiger partial charge in [0, 0.05) is 17.1 Å². The van der Waals surface area contributed by atoms with Gasteiger partial charge in [-0.3, -0.25) is 4.79 Å². The fourth-order valence-electron chi connectivity index (χ4n) is 3.51. The molecule has 0 radical (unpaired) electrons. The van der Waals surface area contributed by atoms with Gasteiger partial charge in [0.2, 0.25) is 0 Å². The second kappa shape index (κ2) is 6.54. The molecule has 0 bridgehead atoms. The third-order valence-electron chi connectivity index (χ3n) is 4.78. The summed E-state index contributed by atoms with van der Waals surface area (Å²) in [5.74, 6) is -0.309. The zero-order chi connectivity index (χ0) is 19.0. The van der Waals surface area contributed by atoms with E-state index in [2.05, 4.69) is 0 Å². The lowest BCUT2D eigenvalue weighted by molar-refractivity contribution is -0.137. The van der Waals surface area contributed by atoms with E-state index >= 15 is 0 Å². The van der Waals surface area contributed by atoms with Gasteiger partial charge in [0.25, 0.3) is 0 Å². The average Bonchev–Trinajstić information content (AvgIpc) is 2.94. The molecule has 0 aromatic heterocycles. The molecule has 0 saturated heterocycles. The van der Waals surface area contributed by atoms with E-state index in [0.29, 0.717) is 16.7 Å². The number of ketones is 1. The van der Waals surface area contributed by atoms with Crippen LogP contribution in [0.15, 0.2) is 84.4 Å². The zero-order valence-corrected chi connectivity index (χ0v) is 14.2. The number of fused-ring (bicyclic) bond motifs is 1. The van der Waals surface area contributed by atoms with E-state index in [1.54, 1.807) is 12.1 Å². The fraction of sp³-hybridized carbons (Fsp3) is 0.0870. The first-order chi connectivity index (χ1) is 12.9. The van der Waals surface area contributed by atoms with Crippen molar-refractivity contribution in [3.8, 4) is 0 Å². The second-order valence-corrected chi connectivity index (χ2v) is 6.48. The smallest absolute Gasteiger partial charge is 0.289 e. The van der Waals surface area contributed by atoms with Crippen molar-refractivity contribution in [2.24, 2.45) is 0 Å². The molecule has 27 heavy (non-hydrogen) atoms. The Morgan fingerprint density at radius 2 is 1.41 bits per heavy atom. The predicted octanol–water partition coefficient (Wildman–Crippen LogP) is 6.12. The Kier molecular flexibility index (Phi) is 4.19. The molecular formula is C23H15F3O. The summed E-state index contributed by atoms with van der Waals surface area (Å²) in [4.78, 5) is 13.0. The van der Waals surface area contributed by atoms with Crippen molar-refractivity contribution < 1.29 is 18.0 Å². The molecule has 0 fully saturated rings. The molecule has 1 aliphatic rings. The van der Waals surface area contributed by atoms with Crippen LogP contribution in [-0.4, -0.2) is 5.78 Å². The molecule has 0 aliphatic heterocycles. The SMILES string of the molecule is O=C1/C(=C\c2ccc(C(F)(F)F)cc2)[C@@H](c2ccccc2)c2ccccc21. The molecule has 0 spiro atoms. The molecule has 134 valence electrons. The van der Waals surface area contributed by atoms with Gasteiger partial charge in [0.1, 0.15) is 0 Å². The molecule has 0 saturated carbocycles. The maximum absolute atomic E-state index is 13.0. The monoisotopic (exact) mass is 364 g/mol. The van der Waals surface area contributed by atoms with Gasteiger partial charge in [-0.15, -0.1) is 0 Å². The van der Waals surface area contributed by atoms with Crippen LogP contribution in [0.3, 0.4) is 0 Å². The van der Waals surface area contributed by atoms with Crippen molar-refractivity contribution >= 4 is 11.9 Å². The maximum Gasteiger partial charge on any atom is 0.416 e. The van der Waals surface area contributed by atoms with Crippen LogP contribution in [0.1, 0.15) is 38.5 Å². The van der Waals surface area contributed by atoms with E-state index in [1.165, 1.54) is 12.1 Å². The number of alkyl halides is 3. The predicted molar refractivity (Wildman–Crippen MR) is 98.5 cm³/mol. The third kappa shape index (κ3) is 3.19. The molecule has 3 aromatic rings. The second-order valence-electron chi connectivity index (χ2n) is 6.48. The molecule has 4 heteroatoms. The minimum Gasteiger partial charge on any atom is -0.289 e. The van der Waals surface area contributed by atoms with Gasteiger partial charge in [-0.05, 0) is 34.9 Å². The lowest BCUT2D eigenvalue weighted by Gasteiger charge is -2.14. The van der Waals surface area contributed by atoms with Crippen molar-refractivity contribution in [2.75, 3.05) is 0 Å². The molecule has 0 heterocycles. The van der Waals surface area contributed by atoms with Crippen LogP contribution in [-0.2, 0) is 6.18 Å². The number of carbonyl (C=O) groups excluding carboxylic acids is 1. The van der Waals surface area contributed by atoms with Gasteiger partial charge >= 0.3 is 6.18 Å². The number of rotatable bonds is 2. The Hall–Kier alpha value is -3.14. The summed E-state index contributed by atoms with van der Waals surface area (Å²) in [5.41, 5.74) is 2.98. The van der Waals surface area contributed by atoms with E-state index < -0.39 is 11.7 Å². The summed E-state index contributed by atoms with van der Waals surface area (Å²) in [6.45, 7) is 0. The van der Waals surface area contributed by atoms with Crippen LogP contribution in [0.4, 0.5) is 13.2 Å². The van der Waals surface area contributed by atoms with Crippen LogP contribution in [0, 0.1) is 0 Å². The summed E-state index contributed by atoms with van der Waals surface area (Å²) < 4.78 is 38.3. The average molecular weight is 364 g/mol. The third-order valence-corrected chi connectivity index (χ3v) is 4.78. The van der Waals surface area contributed by atoms with Gasteiger partial charge in [0.05, 0.1) is 5.56 Å². The molecule has 1 atom stereocenters. The first kappa shape index (κ1) is 17.3. The number of Topliss-reactive ketones (excluding diaryl/α,β-unsaturated/α-hetero) is 1. The highest BCUT2D eigenvalue weighted by atomic mass is 19.4. The maximum atomic E-state index is 13.0. The van der Waals surface area contributed by atoms with Crippen LogP contribution in [0.25, 0.3) is 6.08 Å². The standard InChI is InChI=1S/C23H15F3O/c24-23(25,26)17-12-10-15(11-13-17)14-20-21(16-6-2-1-3-7-16)18-8-4-5-9-19(18)22(20)27/h1-14,21H/b20-14-/t21-/m0/s1. The normalized spacial score (nSPS) is 18.0. The molecule has 1 nitrogen and oxygen atoms in total. The summed E-state index contributed by atoms with van der Waals surface area (Å²) in [6, 6.07) is 22.0. The lowest BCUT2D eigenvalue weighted by atomic mass is 9.89. The number of allylic oxidation sites excluding steroid dienone is 1. The van der Waals surface area contributed by atoms with Crippen molar-refractivity contribution in [3.05, 3.63) is 112 Å². The van der Waals surface area contributed by atoms with E-state index in [0.717, 1.165) is 23.3 Å². The first-order valence-corrected chi connectivity index (χ1v) is 8.52. The van der Waals surface area contributed by atoms with E-state index in [1.807, 2.05) is 48.5 Å². The van der Waals surface area contributed by atoms with Gasteiger partial charge < -0.3 is 0 Å². The highest BCUT2D eigenvalue weighted by Crippen LogP contribution is 2.42. The van der Waals surface area contributed by atoms with Crippen LogP contribution < -0.4 is 0 Å². The van der Waals surface area contributed by atoms with Gasteiger partial charge in [-0.1, -0.05) is 66.7 Å². The summed E-state index contributed by atoms with van der Waals surface area (Å²) in [5, 5.41) is 0. The molecule has 0 amide bonds. The Bertz CT molecular complexity index is 1020. The minimum absolute atomic E-state index is 0.0839. The number of hydrogen-bond acceptors (Lipinski definition) is 1. The Morgan fingerprint density at radius 3 is 2.07 bits per heavy atom. The molecule has 0 N–H and O–H groups in total. The first-order valence-electron chi connectivity index (χ1n) is 8.52. The Morgan fingerprint density at radius 1 is 0.778 bits per heavy atom. The van der Waals surface area contributed by atoms with E-state index in [-0.39, 0.29) is 11.7 Å². The fourth-order valence-corrected chi connectivity index (χ4v) is 3.51. The molecule has 3 aromatic carbocycles. The Labute approximate surface area is 154 Å². The summed E-state index contributed by atoms with van der Waals surface area (Å²) >= 11 is 0. The molecule has 4 rings (SSSR count). The van der Waals surface area contributed by atoms with Crippen LogP contribution in [0.2, 0.25) is 0 Å². The molecule has 1 aliphatic carbocycles. The van der Waals surface area contributed by atoms with Crippen LogP contribution >= 0.6 is 0 Å². The van der Waals surface area contributed by atoms with Crippen molar-refractivity contribution in [1.82, 2.24) is 0 Å². The highest BCUT2D eigenvalue weighted by molar-refractivity contribution is 6.17. The highest BCUT2D eigenvalue weighted by Gasteiger charge is 2.35. The Balaban J connectivity index is 1.81. The van der Waals surface area contributed by atoms with Crippen molar-refractivity contribution in [2.45, 2.75) is 12.1 Å². The lowest BCUT2D eigenvalue weighted by Crippen LogP contribution is -2.04. The number of benzene rings is 3. The zero-order valence-electron chi connectivity index (χ0n) is 14.2. The largest absolute Gasteiger partial charge is 0.416 e. The molecule has 0 unspecified atom stereocenters. The van der Waals surface area contributed by atoms with Crippen LogP contribution in [0.5, 0.6) is 0 Å². The van der Waals surface area contributed by atoms with E-state index in [9.17, 15) is 18.0 Å². The topological polar surface area (TPSA) is 17.1 Å². The van der Waals surface area contributed by atoms with Crippen molar-refractivity contribution in [3.63, 3.8) is 0 Å². The summed E-state index contributed by atoms with van der Waals surface area (Å²) in [6.07, 6.45) is -2.68.